The number of pyridine rings is 1. The van der Waals surface area contributed by atoms with E-state index in [9.17, 15) is 35.6 Å². The highest BCUT2D eigenvalue weighted by molar-refractivity contribution is 7.89. The maximum absolute atomic E-state index is 13.3. The molecule has 1 saturated carbocycles. The number of benzene rings is 1. The molecule has 1 aromatic carbocycles. The zero-order chi connectivity index (χ0) is 24.8. The first-order valence-electron chi connectivity index (χ1n) is 10.4. The molecule has 1 N–H and O–H groups in total. The third-order valence-corrected chi connectivity index (χ3v) is 7.47. The van der Waals surface area contributed by atoms with Gasteiger partial charge in [-0.1, -0.05) is 12.1 Å². The predicted octanol–water partition coefficient (Wildman–Crippen LogP) is 5.47. The molecule has 0 amide bonds. The second kappa shape index (κ2) is 8.63. The number of alkyl halides is 5. The van der Waals surface area contributed by atoms with Gasteiger partial charge in [0.1, 0.15) is 17.0 Å². The molecule has 34 heavy (non-hydrogen) atoms. The van der Waals surface area contributed by atoms with Gasteiger partial charge in [-0.05, 0) is 44.4 Å². The van der Waals surface area contributed by atoms with Crippen LogP contribution in [0.15, 0.2) is 41.4 Å². The SMILES string of the molecule is C[C@@H](NS(=O)(=O)c1ccc(-c2c(C#N)c3ccc(C(F)F)cc3n2C2CCC2)nc1)C(F)(F)F. The van der Waals surface area contributed by atoms with Gasteiger partial charge in [0.25, 0.3) is 6.43 Å². The average Bonchev–Trinajstić information content (AvgIpc) is 3.05. The number of aromatic nitrogens is 2. The Morgan fingerprint density at radius 3 is 2.41 bits per heavy atom. The molecule has 1 fully saturated rings. The van der Waals surface area contributed by atoms with Crippen molar-refractivity contribution in [3.8, 4) is 17.5 Å². The van der Waals surface area contributed by atoms with E-state index in [4.69, 9.17) is 0 Å². The van der Waals surface area contributed by atoms with Crippen molar-refractivity contribution in [1.29, 1.82) is 5.26 Å². The van der Waals surface area contributed by atoms with Crippen LogP contribution in [0.5, 0.6) is 0 Å². The van der Waals surface area contributed by atoms with Gasteiger partial charge in [0.15, 0.2) is 0 Å². The van der Waals surface area contributed by atoms with Gasteiger partial charge in [-0.25, -0.2) is 17.2 Å². The summed E-state index contributed by atoms with van der Waals surface area (Å²) in [7, 11) is -4.50. The molecule has 0 bridgehead atoms. The molecule has 0 unspecified atom stereocenters. The third-order valence-electron chi connectivity index (χ3n) is 5.94. The fraction of sp³-hybridized carbons (Fsp3) is 0.364. The molecule has 2 aromatic heterocycles. The molecule has 0 saturated heterocycles. The summed E-state index contributed by atoms with van der Waals surface area (Å²) in [6.07, 6.45) is -4.08. The van der Waals surface area contributed by atoms with E-state index < -0.39 is 33.6 Å². The second-order valence-electron chi connectivity index (χ2n) is 8.13. The Kier molecular flexibility index (Phi) is 6.12. The molecule has 0 spiro atoms. The topological polar surface area (TPSA) is 87.8 Å². The summed E-state index contributed by atoms with van der Waals surface area (Å²) in [5.41, 5.74) is 1.03. The summed E-state index contributed by atoms with van der Waals surface area (Å²) in [4.78, 5) is 3.65. The van der Waals surface area contributed by atoms with Gasteiger partial charge in [0.05, 0.1) is 22.5 Å². The number of nitrogens with one attached hydrogen (secondary N) is 1. The minimum atomic E-state index is -4.76. The van der Waals surface area contributed by atoms with Gasteiger partial charge in [0, 0.05) is 23.2 Å². The number of fused-ring (bicyclic) bond motifs is 1. The van der Waals surface area contributed by atoms with E-state index in [0.29, 0.717) is 23.5 Å². The largest absolute Gasteiger partial charge is 0.404 e. The number of sulfonamides is 1. The molecule has 1 aliphatic carbocycles. The number of hydrogen-bond donors (Lipinski definition) is 1. The van der Waals surface area contributed by atoms with Crippen molar-refractivity contribution in [1.82, 2.24) is 14.3 Å². The molecule has 12 heteroatoms. The van der Waals surface area contributed by atoms with Crippen molar-refractivity contribution < 1.29 is 30.4 Å². The number of halogens is 5. The van der Waals surface area contributed by atoms with E-state index in [1.54, 1.807) is 9.29 Å². The van der Waals surface area contributed by atoms with Gasteiger partial charge >= 0.3 is 6.18 Å². The molecule has 0 radical (unpaired) electrons. The zero-order valence-corrected chi connectivity index (χ0v) is 18.6. The van der Waals surface area contributed by atoms with Gasteiger partial charge in [-0.15, -0.1) is 0 Å². The van der Waals surface area contributed by atoms with Gasteiger partial charge in [-0.3, -0.25) is 4.98 Å². The Bertz CT molecular complexity index is 1370. The van der Waals surface area contributed by atoms with Crippen molar-refractivity contribution in [2.24, 2.45) is 0 Å². The summed E-state index contributed by atoms with van der Waals surface area (Å²) in [6, 6.07) is 6.18. The normalized spacial score (nSPS) is 15.9. The summed E-state index contributed by atoms with van der Waals surface area (Å²) < 4.78 is 93.1. The fourth-order valence-corrected chi connectivity index (χ4v) is 5.07. The third kappa shape index (κ3) is 4.25. The number of nitriles is 1. The van der Waals surface area contributed by atoms with Crippen LogP contribution in [0.4, 0.5) is 22.0 Å². The molecular weight excluding hydrogens is 479 g/mol. The summed E-state index contributed by atoms with van der Waals surface area (Å²) >= 11 is 0. The highest BCUT2D eigenvalue weighted by Crippen LogP contribution is 2.43. The van der Waals surface area contributed by atoms with Crippen LogP contribution in [0, 0.1) is 11.3 Å². The van der Waals surface area contributed by atoms with Crippen molar-refractivity contribution >= 4 is 20.9 Å². The predicted molar refractivity (Wildman–Crippen MR) is 114 cm³/mol. The van der Waals surface area contributed by atoms with E-state index >= 15 is 0 Å². The van der Waals surface area contributed by atoms with Crippen LogP contribution in [0.1, 0.15) is 49.8 Å². The van der Waals surface area contributed by atoms with Crippen LogP contribution >= 0.6 is 0 Å². The Labute approximate surface area is 192 Å². The molecule has 6 nitrogen and oxygen atoms in total. The average molecular weight is 498 g/mol. The minimum absolute atomic E-state index is 0.0490. The first-order valence-corrected chi connectivity index (χ1v) is 11.8. The van der Waals surface area contributed by atoms with Gasteiger partial charge in [0.2, 0.25) is 10.0 Å². The van der Waals surface area contributed by atoms with E-state index in [1.165, 1.54) is 24.3 Å². The first kappa shape index (κ1) is 24.1. The lowest BCUT2D eigenvalue weighted by Crippen LogP contribution is -2.42. The lowest BCUT2D eigenvalue weighted by Gasteiger charge is -2.30. The Morgan fingerprint density at radius 1 is 1.21 bits per heavy atom. The lowest BCUT2D eigenvalue weighted by atomic mass is 9.92. The first-order chi connectivity index (χ1) is 15.9. The van der Waals surface area contributed by atoms with E-state index in [0.717, 1.165) is 31.5 Å². The molecule has 1 atom stereocenters. The van der Waals surface area contributed by atoms with Crippen LogP contribution in [0.2, 0.25) is 0 Å². The van der Waals surface area contributed by atoms with Crippen LogP contribution < -0.4 is 4.72 Å². The molecule has 0 aliphatic heterocycles. The summed E-state index contributed by atoms with van der Waals surface area (Å²) in [6.45, 7) is 0.684. The standard InChI is InChI=1S/C22H19F5N4O2S/c1-12(22(25,26)27)30-34(32,33)15-6-8-18(29-11-15)20-17(10-28)16-7-5-13(21(23)24)9-19(16)31(20)14-3-2-4-14/h5-9,11-12,14,21,30H,2-4H2,1H3/t12-/m1/s1. The lowest BCUT2D eigenvalue weighted by molar-refractivity contribution is -0.147. The van der Waals surface area contributed by atoms with E-state index in [1.807, 2.05) is 0 Å². The Balaban J connectivity index is 1.82. The highest BCUT2D eigenvalue weighted by Gasteiger charge is 2.39. The molecule has 180 valence electrons. The molecule has 2 heterocycles. The summed E-state index contributed by atoms with van der Waals surface area (Å²) in [5.74, 6) is 0. The smallest absolute Gasteiger partial charge is 0.335 e. The van der Waals surface area contributed by atoms with Crippen molar-refractivity contribution in [3.63, 3.8) is 0 Å². The number of hydrogen-bond acceptors (Lipinski definition) is 4. The van der Waals surface area contributed by atoms with Gasteiger partial charge in [-0.2, -0.15) is 23.2 Å². The zero-order valence-electron chi connectivity index (χ0n) is 17.8. The van der Waals surface area contributed by atoms with Crippen molar-refractivity contribution in [3.05, 3.63) is 47.7 Å². The molecule has 3 aromatic rings. The van der Waals surface area contributed by atoms with Gasteiger partial charge < -0.3 is 4.57 Å². The molecule has 4 rings (SSSR count). The Hall–Kier alpha value is -3.04. The maximum Gasteiger partial charge on any atom is 0.404 e. The van der Waals surface area contributed by atoms with Crippen molar-refractivity contribution in [2.75, 3.05) is 0 Å². The fourth-order valence-electron chi connectivity index (χ4n) is 3.90. The van der Waals surface area contributed by atoms with Crippen molar-refractivity contribution in [2.45, 2.75) is 55.8 Å². The monoisotopic (exact) mass is 498 g/mol. The summed E-state index contributed by atoms with van der Waals surface area (Å²) in [5, 5.41) is 10.3. The number of rotatable bonds is 6. The molecular formula is C22H19F5N4O2S. The van der Waals surface area contributed by atoms with E-state index in [2.05, 4.69) is 11.1 Å². The highest BCUT2D eigenvalue weighted by atomic mass is 32.2. The quantitative estimate of drug-likeness (QED) is 0.457. The van der Waals surface area contributed by atoms with E-state index in [-0.39, 0.29) is 22.9 Å². The minimum Gasteiger partial charge on any atom is -0.335 e. The second-order valence-corrected chi connectivity index (χ2v) is 9.85. The van der Waals surface area contributed by atoms with Crippen LogP contribution in [-0.4, -0.2) is 30.2 Å². The number of nitrogens with zero attached hydrogens (tertiary/aromatic N) is 3. The molecule has 1 aliphatic rings. The Morgan fingerprint density at radius 2 is 1.91 bits per heavy atom. The van der Waals surface area contributed by atoms with Crippen LogP contribution in [-0.2, 0) is 10.0 Å². The van der Waals surface area contributed by atoms with Crippen LogP contribution in [0.3, 0.4) is 0 Å². The van der Waals surface area contributed by atoms with Crippen LogP contribution in [0.25, 0.3) is 22.3 Å². The maximum atomic E-state index is 13.3.